The summed E-state index contributed by atoms with van der Waals surface area (Å²) in [5.41, 5.74) is 2.58. The van der Waals surface area contributed by atoms with Gasteiger partial charge >= 0.3 is 0 Å². The number of hydrogen-bond donors (Lipinski definition) is 2. The standard InChI is InChI=1S/C22H28N4OS.HI/c1-23-22(24-12-11-21-10-6-14-28-21)25-15-18-7-3-4-8-19(18)16-26(2)17-20-9-5-13-27-20;/h3-10,13-14H,11-12,15-17H2,1-2H3,(H2,23,24,25);1H. The zero-order valence-electron chi connectivity index (χ0n) is 16.9. The summed E-state index contributed by atoms with van der Waals surface area (Å²) >= 11 is 1.79. The Morgan fingerprint density at radius 3 is 2.55 bits per heavy atom. The molecule has 0 aliphatic rings. The van der Waals surface area contributed by atoms with Gasteiger partial charge in [0.1, 0.15) is 5.76 Å². The van der Waals surface area contributed by atoms with E-state index < -0.39 is 0 Å². The highest BCUT2D eigenvalue weighted by molar-refractivity contribution is 14.0. The van der Waals surface area contributed by atoms with E-state index in [0.717, 1.165) is 44.3 Å². The van der Waals surface area contributed by atoms with Crippen molar-refractivity contribution < 1.29 is 4.42 Å². The van der Waals surface area contributed by atoms with Crippen LogP contribution in [0, 0.1) is 0 Å². The first-order valence-electron chi connectivity index (χ1n) is 9.49. The second-order valence-electron chi connectivity index (χ2n) is 6.70. The number of hydrogen-bond acceptors (Lipinski definition) is 4. The van der Waals surface area contributed by atoms with E-state index in [2.05, 4.69) is 69.4 Å². The quantitative estimate of drug-likeness (QED) is 0.246. The normalized spacial score (nSPS) is 11.3. The number of thiophene rings is 1. The van der Waals surface area contributed by atoms with Gasteiger partial charge in [0.2, 0.25) is 0 Å². The predicted octanol–water partition coefficient (Wildman–Crippen LogP) is 4.50. The van der Waals surface area contributed by atoms with Crippen LogP contribution in [-0.2, 0) is 26.1 Å². The zero-order chi connectivity index (χ0) is 19.6. The average molecular weight is 524 g/mol. The molecule has 2 heterocycles. The van der Waals surface area contributed by atoms with Crippen LogP contribution in [0.3, 0.4) is 0 Å². The summed E-state index contributed by atoms with van der Waals surface area (Å²) in [4.78, 5) is 7.98. The molecule has 0 bridgehead atoms. The summed E-state index contributed by atoms with van der Waals surface area (Å²) in [6, 6.07) is 16.7. The molecular weight excluding hydrogens is 495 g/mol. The highest BCUT2D eigenvalue weighted by atomic mass is 127. The van der Waals surface area contributed by atoms with E-state index in [-0.39, 0.29) is 24.0 Å². The molecule has 0 spiro atoms. The summed E-state index contributed by atoms with van der Waals surface area (Å²) in [5.74, 6) is 1.81. The minimum Gasteiger partial charge on any atom is -0.468 e. The lowest BCUT2D eigenvalue weighted by molar-refractivity contribution is 0.287. The summed E-state index contributed by atoms with van der Waals surface area (Å²) in [6.45, 7) is 3.26. The monoisotopic (exact) mass is 524 g/mol. The number of furan rings is 1. The minimum atomic E-state index is 0. The molecule has 0 amide bonds. The third kappa shape index (κ3) is 7.83. The number of aliphatic imine (C=N–C) groups is 1. The Labute approximate surface area is 194 Å². The predicted molar refractivity (Wildman–Crippen MR) is 132 cm³/mol. The molecule has 0 atom stereocenters. The van der Waals surface area contributed by atoms with Crippen LogP contribution in [-0.4, -0.2) is 31.5 Å². The van der Waals surface area contributed by atoms with Gasteiger partial charge in [-0.15, -0.1) is 35.3 Å². The van der Waals surface area contributed by atoms with E-state index in [1.165, 1.54) is 16.0 Å². The summed E-state index contributed by atoms with van der Waals surface area (Å²) in [7, 11) is 3.92. The smallest absolute Gasteiger partial charge is 0.191 e. The Morgan fingerprint density at radius 1 is 1.03 bits per heavy atom. The fourth-order valence-electron chi connectivity index (χ4n) is 3.06. The van der Waals surface area contributed by atoms with Crippen molar-refractivity contribution in [3.63, 3.8) is 0 Å². The van der Waals surface area contributed by atoms with E-state index >= 15 is 0 Å². The largest absolute Gasteiger partial charge is 0.468 e. The first-order chi connectivity index (χ1) is 13.7. The zero-order valence-corrected chi connectivity index (χ0v) is 20.1. The number of nitrogens with one attached hydrogen (secondary N) is 2. The lowest BCUT2D eigenvalue weighted by atomic mass is 10.1. The topological polar surface area (TPSA) is 52.8 Å². The molecule has 3 rings (SSSR count). The van der Waals surface area contributed by atoms with E-state index in [9.17, 15) is 0 Å². The van der Waals surface area contributed by atoms with Crippen molar-refractivity contribution in [2.45, 2.75) is 26.1 Å². The molecule has 0 aliphatic carbocycles. The Hall–Kier alpha value is -1.84. The van der Waals surface area contributed by atoms with Crippen LogP contribution >= 0.6 is 35.3 Å². The number of rotatable bonds is 9. The van der Waals surface area contributed by atoms with Crippen molar-refractivity contribution in [2.24, 2.45) is 4.99 Å². The highest BCUT2D eigenvalue weighted by Crippen LogP contribution is 2.13. The Morgan fingerprint density at radius 2 is 1.86 bits per heavy atom. The van der Waals surface area contributed by atoms with Crippen LogP contribution in [0.4, 0.5) is 0 Å². The Balaban J connectivity index is 0.00000300. The maximum absolute atomic E-state index is 5.45. The van der Waals surface area contributed by atoms with E-state index in [0.29, 0.717) is 0 Å². The summed E-state index contributed by atoms with van der Waals surface area (Å²) < 4.78 is 5.45. The van der Waals surface area contributed by atoms with Gasteiger partial charge in [-0.25, -0.2) is 0 Å². The number of halogens is 1. The lowest BCUT2D eigenvalue weighted by Crippen LogP contribution is -2.38. The van der Waals surface area contributed by atoms with Gasteiger partial charge in [0.05, 0.1) is 12.8 Å². The van der Waals surface area contributed by atoms with Gasteiger partial charge < -0.3 is 15.1 Å². The summed E-state index contributed by atoms with van der Waals surface area (Å²) in [5, 5.41) is 8.93. The van der Waals surface area contributed by atoms with Crippen molar-refractivity contribution in [3.05, 3.63) is 81.9 Å². The Kier molecular flexibility index (Phi) is 10.2. The molecule has 0 saturated carbocycles. The van der Waals surface area contributed by atoms with E-state index in [1.54, 1.807) is 17.6 Å². The molecule has 0 radical (unpaired) electrons. The maximum Gasteiger partial charge on any atom is 0.191 e. The molecule has 156 valence electrons. The fourth-order valence-corrected chi connectivity index (χ4v) is 3.77. The second-order valence-corrected chi connectivity index (χ2v) is 7.73. The van der Waals surface area contributed by atoms with E-state index in [1.807, 2.05) is 19.2 Å². The first kappa shape index (κ1) is 23.4. The second kappa shape index (κ2) is 12.7. The third-order valence-corrected chi connectivity index (χ3v) is 5.41. The van der Waals surface area contributed by atoms with Gasteiger partial charge in [-0.3, -0.25) is 9.89 Å². The molecule has 0 fully saturated rings. The molecule has 1 aromatic carbocycles. The van der Waals surface area contributed by atoms with Crippen LogP contribution in [0.2, 0.25) is 0 Å². The van der Waals surface area contributed by atoms with Crippen LogP contribution in [0.15, 0.2) is 69.6 Å². The molecule has 0 aliphatic heterocycles. The van der Waals surface area contributed by atoms with Gasteiger partial charge in [0.15, 0.2) is 5.96 Å². The molecule has 2 aromatic heterocycles. The lowest BCUT2D eigenvalue weighted by Gasteiger charge is -2.19. The molecule has 0 saturated heterocycles. The van der Waals surface area contributed by atoms with Crippen LogP contribution in [0.25, 0.3) is 0 Å². The molecule has 5 nitrogen and oxygen atoms in total. The molecular formula is C22H29IN4OS. The van der Waals surface area contributed by atoms with E-state index in [4.69, 9.17) is 4.42 Å². The number of benzene rings is 1. The van der Waals surface area contributed by atoms with Gasteiger partial charge in [0, 0.05) is 31.6 Å². The molecule has 7 heteroatoms. The van der Waals surface area contributed by atoms with Crippen molar-refractivity contribution in [1.29, 1.82) is 0 Å². The molecule has 0 unspecified atom stereocenters. The van der Waals surface area contributed by atoms with Crippen molar-refractivity contribution in [1.82, 2.24) is 15.5 Å². The third-order valence-electron chi connectivity index (χ3n) is 4.48. The first-order valence-corrected chi connectivity index (χ1v) is 10.4. The fraction of sp³-hybridized carbons (Fsp3) is 0.318. The SMILES string of the molecule is CN=C(NCCc1cccs1)NCc1ccccc1CN(C)Cc1ccco1.I. The molecule has 29 heavy (non-hydrogen) atoms. The van der Waals surface area contributed by atoms with Crippen LogP contribution in [0.5, 0.6) is 0 Å². The van der Waals surface area contributed by atoms with Crippen molar-refractivity contribution in [2.75, 3.05) is 20.6 Å². The van der Waals surface area contributed by atoms with Crippen LogP contribution < -0.4 is 10.6 Å². The maximum atomic E-state index is 5.45. The Bertz CT molecular complexity index is 850. The van der Waals surface area contributed by atoms with Gasteiger partial charge in [-0.05, 0) is 48.2 Å². The minimum absolute atomic E-state index is 0. The molecule has 3 aromatic rings. The number of nitrogens with zero attached hydrogens (tertiary/aromatic N) is 2. The average Bonchev–Trinajstić information content (AvgIpc) is 3.39. The van der Waals surface area contributed by atoms with Gasteiger partial charge in [-0.1, -0.05) is 30.3 Å². The van der Waals surface area contributed by atoms with Crippen LogP contribution in [0.1, 0.15) is 21.8 Å². The molecule has 2 N–H and O–H groups in total. The number of guanidine groups is 1. The summed E-state index contributed by atoms with van der Waals surface area (Å²) in [6.07, 6.45) is 2.73. The van der Waals surface area contributed by atoms with Gasteiger partial charge in [0.25, 0.3) is 0 Å². The van der Waals surface area contributed by atoms with Crippen molar-refractivity contribution in [3.8, 4) is 0 Å². The van der Waals surface area contributed by atoms with Crippen molar-refractivity contribution >= 4 is 41.3 Å². The highest BCUT2D eigenvalue weighted by Gasteiger charge is 2.08. The van der Waals surface area contributed by atoms with Gasteiger partial charge in [-0.2, -0.15) is 0 Å².